The number of aromatic nitrogens is 7. The van der Waals surface area contributed by atoms with Gasteiger partial charge in [-0.25, -0.2) is 4.98 Å². The summed E-state index contributed by atoms with van der Waals surface area (Å²) in [6.07, 6.45) is 13.3. The van der Waals surface area contributed by atoms with Crippen LogP contribution in [0.4, 0.5) is 5.69 Å². The summed E-state index contributed by atoms with van der Waals surface area (Å²) >= 11 is 0. The number of nitrogens with one attached hydrogen (secondary N) is 2. The molecule has 2 fully saturated rings. The topological polar surface area (TPSA) is 140 Å². The van der Waals surface area contributed by atoms with Crippen LogP contribution in [0, 0.1) is 0 Å². The molecule has 0 bridgehead atoms. The molecule has 0 aromatic carbocycles. The summed E-state index contributed by atoms with van der Waals surface area (Å²) in [6.45, 7) is 3.53. The number of anilines is 1. The molecule has 0 atom stereocenters. The van der Waals surface area contributed by atoms with Gasteiger partial charge in [0.15, 0.2) is 5.69 Å². The normalized spacial score (nSPS) is 20.7. The van der Waals surface area contributed by atoms with Crippen LogP contribution >= 0.6 is 0 Å². The molecule has 4 aromatic rings. The minimum absolute atomic E-state index is 0.157. The van der Waals surface area contributed by atoms with Gasteiger partial charge in [-0.2, -0.15) is 10.2 Å². The van der Waals surface area contributed by atoms with Crippen LogP contribution < -0.4 is 5.32 Å². The minimum Gasteiger partial charge on any atom is -0.444 e. The SMILES string of the molecule is O=C(Nc1cn(C2CC(N3CCOCC3)C2)nc1-c1cnccn1)c1coc(-c2cn[nH]c2)n1. The molecular formula is C22H23N9O3. The predicted molar refractivity (Wildman–Crippen MR) is 120 cm³/mol. The molecule has 5 heterocycles. The zero-order valence-electron chi connectivity index (χ0n) is 18.3. The lowest BCUT2D eigenvalue weighted by Gasteiger charge is -2.44. The van der Waals surface area contributed by atoms with Crippen LogP contribution in [0.2, 0.25) is 0 Å². The number of carbonyl (C=O) groups is 1. The lowest BCUT2D eigenvalue weighted by atomic mass is 9.85. The van der Waals surface area contributed by atoms with E-state index in [1.807, 2.05) is 10.9 Å². The van der Waals surface area contributed by atoms with Crippen molar-refractivity contribution in [2.45, 2.75) is 24.9 Å². The molecule has 1 amide bonds. The van der Waals surface area contributed by atoms with Gasteiger partial charge in [0.2, 0.25) is 5.89 Å². The Morgan fingerprint density at radius 3 is 2.79 bits per heavy atom. The van der Waals surface area contributed by atoms with Crippen molar-refractivity contribution in [2.24, 2.45) is 0 Å². The van der Waals surface area contributed by atoms with E-state index in [9.17, 15) is 4.79 Å². The van der Waals surface area contributed by atoms with Gasteiger partial charge in [0.1, 0.15) is 17.7 Å². The van der Waals surface area contributed by atoms with Crippen molar-refractivity contribution < 1.29 is 13.9 Å². The molecule has 1 aliphatic heterocycles. The molecule has 34 heavy (non-hydrogen) atoms. The molecule has 1 saturated carbocycles. The van der Waals surface area contributed by atoms with Gasteiger partial charge in [0.25, 0.3) is 5.91 Å². The zero-order chi connectivity index (χ0) is 22.9. The van der Waals surface area contributed by atoms with E-state index < -0.39 is 5.91 Å². The molecule has 0 radical (unpaired) electrons. The first-order chi connectivity index (χ1) is 16.7. The molecule has 12 nitrogen and oxygen atoms in total. The largest absolute Gasteiger partial charge is 0.444 e. The number of hydrogen-bond donors (Lipinski definition) is 2. The van der Waals surface area contributed by atoms with Gasteiger partial charge in [-0.1, -0.05) is 0 Å². The molecule has 174 valence electrons. The van der Waals surface area contributed by atoms with Crippen LogP contribution in [0.25, 0.3) is 22.8 Å². The van der Waals surface area contributed by atoms with Gasteiger partial charge in [-0.05, 0) is 12.8 Å². The summed E-state index contributed by atoms with van der Waals surface area (Å²) in [5.74, 6) is -0.0876. The van der Waals surface area contributed by atoms with Gasteiger partial charge in [0, 0.05) is 43.9 Å². The fourth-order valence-corrected chi connectivity index (χ4v) is 4.36. The number of carbonyl (C=O) groups excluding carboxylic acids is 1. The second-order valence-corrected chi connectivity index (χ2v) is 8.37. The summed E-state index contributed by atoms with van der Waals surface area (Å²) in [4.78, 5) is 28.2. The highest BCUT2D eigenvalue weighted by molar-refractivity contribution is 6.04. The lowest BCUT2D eigenvalue weighted by Crippen LogP contribution is -2.50. The van der Waals surface area contributed by atoms with E-state index in [0.29, 0.717) is 34.6 Å². The van der Waals surface area contributed by atoms with Crippen molar-refractivity contribution in [2.75, 3.05) is 31.6 Å². The Hall–Kier alpha value is -3.90. The van der Waals surface area contributed by atoms with Crippen molar-refractivity contribution in [3.8, 4) is 22.8 Å². The van der Waals surface area contributed by atoms with Crippen LogP contribution in [0.15, 0.2) is 47.9 Å². The van der Waals surface area contributed by atoms with E-state index in [-0.39, 0.29) is 11.7 Å². The quantitative estimate of drug-likeness (QED) is 0.441. The van der Waals surface area contributed by atoms with Gasteiger partial charge in [0.05, 0.1) is 42.9 Å². The van der Waals surface area contributed by atoms with Crippen molar-refractivity contribution in [3.63, 3.8) is 0 Å². The lowest BCUT2D eigenvalue weighted by molar-refractivity contribution is -0.0162. The highest BCUT2D eigenvalue weighted by Crippen LogP contribution is 2.38. The molecular weight excluding hydrogens is 438 g/mol. The first-order valence-corrected chi connectivity index (χ1v) is 11.2. The number of amides is 1. The summed E-state index contributed by atoms with van der Waals surface area (Å²) in [7, 11) is 0. The third-order valence-electron chi connectivity index (χ3n) is 6.29. The van der Waals surface area contributed by atoms with Crippen LogP contribution in [0.5, 0.6) is 0 Å². The molecule has 4 aromatic heterocycles. The van der Waals surface area contributed by atoms with E-state index in [4.69, 9.17) is 14.3 Å². The number of hydrogen-bond acceptors (Lipinski definition) is 9. The molecule has 2 N–H and O–H groups in total. The predicted octanol–water partition coefficient (Wildman–Crippen LogP) is 2.01. The Morgan fingerprint density at radius 2 is 2.03 bits per heavy atom. The number of H-pyrrole nitrogens is 1. The minimum atomic E-state index is -0.400. The number of morpholine rings is 1. The zero-order valence-corrected chi connectivity index (χ0v) is 18.3. The summed E-state index contributed by atoms with van der Waals surface area (Å²) in [6, 6.07) is 0.793. The maximum absolute atomic E-state index is 13.0. The fourth-order valence-electron chi connectivity index (χ4n) is 4.36. The van der Waals surface area contributed by atoms with E-state index in [1.165, 1.54) is 6.26 Å². The number of ether oxygens (including phenoxy) is 1. The van der Waals surface area contributed by atoms with Crippen LogP contribution in [0.3, 0.4) is 0 Å². The van der Waals surface area contributed by atoms with Crippen LogP contribution in [-0.2, 0) is 4.74 Å². The first-order valence-electron chi connectivity index (χ1n) is 11.2. The Bertz CT molecular complexity index is 1260. The number of oxazole rings is 1. The van der Waals surface area contributed by atoms with E-state index in [0.717, 1.165) is 39.1 Å². The second-order valence-electron chi connectivity index (χ2n) is 8.37. The van der Waals surface area contributed by atoms with Gasteiger partial charge >= 0.3 is 0 Å². The molecule has 12 heteroatoms. The highest BCUT2D eigenvalue weighted by Gasteiger charge is 2.36. The summed E-state index contributed by atoms with van der Waals surface area (Å²) in [5, 5.41) is 14.3. The Labute approximate surface area is 194 Å². The standard InChI is InChI=1S/C22H23N9O3/c32-21(19-13-34-22(28-19)14-9-25-26-10-14)27-18-12-31(29-20(18)17-11-23-1-2-24-17)16-7-15(8-16)30-3-5-33-6-4-30/h1-2,9-13,15-16H,3-8H2,(H,25,26)(H,27,32). The Morgan fingerprint density at radius 1 is 1.15 bits per heavy atom. The van der Waals surface area contributed by atoms with Crippen molar-refractivity contribution in [3.05, 3.63) is 49.1 Å². The maximum Gasteiger partial charge on any atom is 0.277 e. The van der Waals surface area contributed by atoms with Gasteiger partial charge in [-0.15, -0.1) is 0 Å². The molecule has 2 aliphatic rings. The Kier molecular flexibility index (Phi) is 5.35. The first kappa shape index (κ1) is 20.7. The number of rotatable bonds is 6. The average molecular weight is 461 g/mol. The van der Waals surface area contributed by atoms with Gasteiger partial charge in [-0.3, -0.25) is 29.4 Å². The maximum atomic E-state index is 13.0. The number of aromatic amines is 1. The van der Waals surface area contributed by atoms with Crippen LogP contribution in [-0.4, -0.2) is 78.1 Å². The van der Waals surface area contributed by atoms with Crippen molar-refractivity contribution >= 4 is 11.6 Å². The molecule has 1 saturated heterocycles. The molecule has 0 unspecified atom stereocenters. The molecule has 1 aliphatic carbocycles. The molecule has 0 spiro atoms. The van der Waals surface area contributed by atoms with E-state index in [1.54, 1.807) is 31.0 Å². The average Bonchev–Trinajstić information content (AvgIpc) is 3.60. The van der Waals surface area contributed by atoms with E-state index in [2.05, 4.69) is 35.4 Å². The van der Waals surface area contributed by atoms with Crippen molar-refractivity contribution in [1.29, 1.82) is 0 Å². The fraction of sp³-hybridized carbons (Fsp3) is 0.364. The third kappa shape index (κ3) is 3.97. The number of nitrogens with zero attached hydrogens (tertiary/aromatic N) is 7. The second kappa shape index (κ2) is 8.80. The Balaban J connectivity index is 1.22. The van der Waals surface area contributed by atoms with Gasteiger partial charge < -0.3 is 14.5 Å². The summed E-state index contributed by atoms with van der Waals surface area (Å²) in [5.41, 5.74) is 2.51. The van der Waals surface area contributed by atoms with Crippen molar-refractivity contribution in [1.82, 2.24) is 39.8 Å². The summed E-state index contributed by atoms with van der Waals surface area (Å²) < 4.78 is 12.8. The molecule has 6 rings (SSSR count). The highest BCUT2D eigenvalue weighted by atomic mass is 16.5. The smallest absolute Gasteiger partial charge is 0.277 e. The monoisotopic (exact) mass is 461 g/mol. The van der Waals surface area contributed by atoms with Crippen LogP contribution in [0.1, 0.15) is 29.4 Å². The van der Waals surface area contributed by atoms with E-state index >= 15 is 0 Å². The third-order valence-corrected chi connectivity index (χ3v) is 6.29.